The zero-order chi connectivity index (χ0) is 20.0. The second-order valence-electron chi connectivity index (χ2n) is 8.61. The Morgan fingerprint density at radius 1 is 0.964 bits per heavy atom. The molecule has 0 unspecified atom stereocenters. The molecule has 0 saturated carbocycles. The van der Waals surface area contributed by atoms with E-state index in [2.05, 4.69) is 88.8 Å². The average molecular weight is 374 g/mol. The van der Waals surface area contributed by atoms with Crippen molar-refractivity contribution in [2.45, 2.75) is 47.0 Å². The molecular formula is C25H29N2O+. The van der Waals surface area contributed by atoms with Crippen LogP contribution in [0.5, 0.6) is 0 Å². The summed E-state index contributed by atoms with van der Waals surface area (Å²) in [5.41, 5.74) is 7.61. The fourth-order valence-corrected chi connectivity index (χ4v) is 3.99. The van der Waals surface area contributed by atoms with Crippen LogP contribution in [0.4, 0.5) is 0 Å². The Morgan fingerprint density at radius 2 is 1.71 bits per heavy atom. The van der Waals surface area contributed by atoms with Gasteiger partial charge in [-0.05, 0) is 48.9 Å². The van der Waals surface area contributed by atoms with Gasteiger partial charge in [-0.25, -0.2) is 9.55 Å². The van der Waals surface area contributed by atoms with E-state index in [9.17, 15) is 0 Å². The highest BCUT2D eigenvalue weighted by molar-refractivity contribution is 6.08. The molecule has 28 heavy (non-hydrogen) atoms. The van der Waals surface area contributed by atoms with Crippen LogP contribution in [-0.4, -0.2) is 4.98 Å². The van der Waals surface area contributed by atoms with E-state index in [1.807, 2.05) is 0 Å². The third-order valence-corrected chi connectivity index (χ3v) is 5.42. The van der Waals surface area contributed by atoms with Gasteiger partial charge in [-0.1, -0.05) is 39.8 Å². The molecule has 3 heteroatoms. The first kappa shape index (κ1) is 18.7. The van der Waals surface area contributed by atoms with Gasteiger partial charge in [-0.3, -0.25) is 0 Å². The second kappa shape index (κ2) is 7.05. The van der Waals surface area contributed by atoms with Crippen molar-refractivity contribution >= 4 is 22.1 Å². The van der Waals surface area contributed by atoms with Crippen LogP contribution in [0.25, 0.3) is 33.3 Å². The molecule has 3 nitrogen and oxygen atoms in total. The van der Waals surface area contributed by atoms with Gasteiger partial charge in [0.25, 0.3) is 0 Å². The highest BCUT2D eigenvalue weighted by atomic mass is 16.3. The summed E-state index contributed by atoms with van der Waals surface area (Å²) in [7, 11) is 2.12. The number of furan rings is 1. The summed E-state index contributed by atoms with van der Waals surface area (Å²) in [4.78, 5) is 4.77. The maximum atomic E-state index is 6.33. The van der Waals surface area contributed by atoms with Gasteiger partial charge in [0.15, 0.2) is 11.8 Å². The number of aromatic nitrogens is 2. The maximum Gasteiger partial charge on any atom is 0.227 e. The molecule has 3 heterocycles. The average Bonchev–Trinajstić information content (AvgIpc) is 2.99. The van der Waals surface area contributed by atoms with E-state index in [0.717, 1.165) is 39.7 Å². The minimum Gasteiger partial charge on any atom is -0.437 e. The molecule has 0 spiro atoms. The van der Waals surface area contributed by atoms with Crippen molar-refractivity contribution in [2.24, 2.45) is 13.0 Å². The Kier molecular flexibility index (Phi) is 4.70. The van der Waals surface area contributed by atoms with E-state index < -0.39 is 0 Å². The summed E-state index contributed by atoms with van der Waals surface area (Å²) in [6.07, 6.45) is 3.33. The van der Waals surface area contributed by atoms with Crippen molar-refractivity contribution in [3.63, 3.8) is 0 Å². The quantitative estimate of drug-likeness (QED) is 0.404. The summed E-state index contributed by atoms with van der Waals surface area (Å²) < 4.78 is 8.56. The molecule has 0 saturated heterocycles. The molecule has 0 aliphatic carbocycles. The number of pyridine rings is 2. The van der Waals surface area contributed by atoms with Crippen LogP contribution < -0.4 is 4.57 Å². The third kappa shape index (κ3) is 3.19. The van der Waals surface area contributed by atoms with Gasteiger partial charge in [0.1, 0.15) is 7.05 Å². The van der Waals surface area contributed by atoms with Crippen molar-refractivity contribution in [3.05, 3.63) is 59.4 Å². The first-order valence-corrected chi connectivity index (χ1v) is 10.2. The number of rotatable bonds is 4. The van der Waals surface area contributed by atoms with Gasteiger partial charge in [0.05, 0.1) is 5.56 Å². The molecule has 0 aliphatic heterocycles. The normalized spacial score (nSPS) is 12.0. The van der Waals surface area contributed by atoms with Crippen LogP contribution in [0.3, 0.4) is 0 Å². The van der Waals surface area contributed by atoms with Crippen molar-refractivity contribution < 1.29 is 8.98 Å². The molecule has 0 atom stereocenters. The Hall–Kier alpha value is -2.68. The smallest absolute Gasteiger partial charge is 0.227 e. The van der Waals surface area contributed by atoms with Crippen molar-refractivity contribution in [1.29, 1.82) is 0 Å². The van der Waals surface area contributed by atoms with E-state index in [0.29, 0.717) is 11.8 Å². The standard InChI is InChI=1S/C25H29N2O/c1-15(2)13-18-8-12-22(27(6)14-18)23-17(5)7-9-19-20-10-11-21(16(3)4)26-25(20)28-24(19)23/h7-12,14-16H,13H2,1-6H3/q+1. The van der Waals surface area contributed by atoms with Crippen molar-refractivity contribution in [1.82, 2.24) is 4.98 Å². The summed E-state index contributed by atoms with van der Waals surface area (Å²) in [6, 6.07) is 13.1. The molecule has 0 aliphatic rings. The zero-order valence-corrected chi connectivity index (χ0v) is 17.7. The first-order chi connectivity index (χ1) is 13.3. The van der Waals surface area contributed by atoms with E-state index in [4.69, 9.17) is 9.40 Å². The lowest BCUT2D eigenvalue weighted by molar-refractivity contribution is -0.660. The van der Waals surface area contributed by atoms with Gasteiger partial charge in [0, 0.05) is 28.1 Å². The van der Waals surface area contributed by atoms with Crippen LogP contribution in [0.2, 0.25) is 0 Å². The molecule has 0 radical (unpaired) electrons. The third-order valence-electron chi connectivity index (χ3n) is 5.42. The Morgan fingerprint density at radius 3 is 2.39 bits per heavy atom. The summed E-state index contributed by atoms with van der Waals surface area (Å²) in [6.45, 7) is 11.0. The van der Waals surface area contributed by atoms with Crippen LogP contribution in [0.15, 0.2) is 47.0 Å². The lowest BCUT2D eigenvalue weighted by atomic mass is 9.99. The molecule has 3 aromatic heterocycles. The summed E-state index contributed by atoms with van der Waals surface area (Å²) in [5.74, 6) is 1.03. The largest absolute Gasteiger partial charge is 0.437 e. The topological polar surface area (TPSA) is 29.9 Å². The highest BCUT2D eigenvalue weighted by Crippen LogP contribution is 2.36. The Labute approximate surface area is 167 Å². The molecule has 0 N–H and O–H groups in total. The van der Waals surface area contributed by atoms with Crippen LogP contribution in [0.1, 0.15) is 50.4 Å². The van der Waals surface area contributed by atoms with Crippen LogP contribution >= 0.6 is 0 Å². The van der Waals surface area contributed by atoms with E-state index >= 15 is 0 Å². The number of nitrogens with zero attached hydrogens (tertiary/aromatic N) is 2. The predicted octanol–water partition coefficient (Wildman–Crippen LogP) is 6.10. The van der Waals surface area contributed by atoms with E-state index in [-0.39, 0.29) is 0 Å². The fraction of sp³-hybridized carbons (Fsp3) is 0.360. The molecular weight excluding hydrogens is 344 g/mol. The molecule has 0 bridgehead atoms. The second-order valence-corrected chi connectivity index (χ2v) is 8.61. The number of hydrogen-bond donors (Lipinski definition) is 0. The lowest BCUT2D eigenvalue weighted by Crippen LogP contribution is -2.31. The maximum absolute atomic E-state index is 6.33. The lowest BCUT2D eigenvalue weighted by Gasteiger charge is -2.08. The molecule has 1 aromatic carbocycles. The Bertz CT molecular complexity index is 1170. The van der Waals surface area contributed by atoms with Gasteiger partial charge in [0.2, 0.25) is 11.4 Å². The molecule has 0 amide bonds. The molecule has 4 aromatic rings. The minimum absolute atomic E-state index is 0.380. The van der Waals surface area contributed by atoms with Crippen molar-refractivity contribution in [3.8, 4) is 11.3 Å². The Balaban J connectivity index is 1.93. The van der Waals surface area contributed by atoms with E-state index in [1.165, 1.54) is 16.8 Å². The van der Waals surface area contributed by atoms with Crippen LogP contribution in [-0.2, 0) is 13.5 Å². The fourth-order valence-electron chi connectivity index (χ4n) is 3.99. The SMILES string of the molecule is Cc1ccc2c(oc3nc(C(C)C)ccc32)c1-c1ccc(CC(C)C)c[n+]1C. The molecule has 144 valence electrons. The van der Waals surface area contributed by atoms with E-state index in [1.54, 1.807) is 0 Å². The predicted molar refractivity (Wildman–Crippen MR) is 115 cm³/mol. The van der Waals surface area contributed by atoms with Gasteiger partial charge in [-0.15, -0.1) is 0 Å². The van der Waals surface area contributed by atoms with Crippen molar-refractivity contribution in [2.75, 3.05) is 0 Å². The number of benzene rings is 1. The number of aryl methyl sites for hydroxylation is 2. The zero-order valence-electron chi connectivity index (χ0n) is 17.7. The number of fused-ring (bicyclic) bond motifs is 3. The monoisotopic (exact) mass is 373 g/mol. The minimum atomic E-state index is 0.380. The van der Waals surface area contributed by atoms with Gasteiger partial charge in [-0.2, -0.15) is 0 Å². The first-order valence-electron chi connectivity index (χ1n) is 10.2. The van der Waals surface area contributed by atoms with Crippen LogP contribution in [0, 0.1) is 12.8 Å². The summed E-state index contributed by atoms with van der Waals surface area (Å²) in [5, 5.41) is 2.21. The van der Waals surface area contributed by atoms with Gasteiger partial charge >= 0.3 is 0 Å². The molecule has 0 fully saturated rings. The highest BCUT2D eigenvalue weighted by Gasteiger charge is 2.21. The summed E-state index contributed by atoms with van der Waals surface area (Å²) >= 11 is 0. The number of hydrogen-bond acceptors (Lipinski definition) is 2. The molecule has 4 rings (SSSR count). The van der Waals surface area contributed by atoms with Gasteiger partial charge < -0.3 is 4.42 Å².